The molecule has 56 valence electrons. The predicted molar refractivity (Wildman–Crippen MR) is 47.0 cm³/mol. The van der Waals surface area contributed by atoms with Crippen molar-refractivity contribution in [3.8, 4) is 0 Å². The van der Waals surface area contributed by atoms with Crippen molar-refractivity contribution in [3.05, 3.63) is 48.7 Å². The van der Waals surface area contributed by atoms with Crippen molar-refractivity contribution < 1.29 is 0 Å². The Morgan fingerprint density at radius 1 is 0.818 bits per heavy atom. The summed E-state index contributed by atoms with van der Waals surface area (Å²) in [5, 5.41) is 3.30. The van der Waals surface area contributed by atoms with Crippen LogP contribution in [0.25, 0.3) is 0 Å². The van der Waals surface area contributed by atoms with Gasteiger partial charge < -0.3 is 5.32 Å². The Kier molecular flexibility index (Phi) is 1.64. The van der Waals surface area contributed by atoms with Gasteiger partial charge in [-0.15, -0.1) is 0 Å². The first-order chi connectivity index (χ1) is 5.47. The highest BCUT2D eigenvalue weighted by molar-refractivity contribution is 5.25. The maximum Gasteiger partial charge on any atom is 0.0539 e. The van der Waals surface area contributed by atoms with Gasteiger partial charge in [-0.2, -0.15) is 0 Å². The molecular weight excluding hydrogens is 134 g/mol. The molecule has 0 spiro atoms. The zero-order valence-electron chi connectivity index (χ0n) is 6.27. The Balaban J connectivity index is 2.23. The molecule has 1 nitrogen and oxygen atoms in total. The number of hydrogen-bond acceptors (Lipinski definition) is 1. The fourth-order valence-corrected chi connectivity index (χ4v) is 1.39. The lowest BCUT2D eigenvalue weighted by molar-refractivity contribution is 0.607. The van der Waals surface area contributed by atoms with Gasteiger partial charge in [0.05, 0.1) is 6.04 Å². The van der Waals surface area contributed by atoms with E-state index in [0.29, 0.717) is 12.0 Å². The Morgan fingerprint density at radius 2 is 1.55 bits per heavy atom. The molecule has 2 atom stereocenters. The van der Waals surface area contributed by atoms with Crippen LogP contribution in [0.2, 0.25) is 0 Å². The van der Waals surface area contributed by atoms with E-state index in [1.54, 1.807) is 0 Å². The van der Waals surface area contributed by atoms with E-state index in [0.717, 1.165) is 0 Å². The van der Waals surface area contributed by atoms with Crippen molar-refractivity contribution in [1.82, 2.24) is 5.32 Å². The third-order valence-corrected chi connectivity index (χ3v) is 2.01. The van der Waals surface area contributed by atoms with Crippen molar-refractivity contribution in [2.75, 3.05) is 0 Å². The van der Waals surface area contributed by atoms with E-state index in [1.807, 2.05) is 12.3 Å². The minimum Gasteiger partial charge on any atom is -0.384 e. The fourth-order valence-electron chi connectivity index (χ4n) is 1.39. The van der Waals surface area contributed by atoms with Crippen LogP contribution in [0.4, 0.5) is 0 Å². The summed E-state index contributed by atoms with van der Waals surface area (Å²) in [6, 6.07) is 0.454. The molecule has 1 aliphatic carbocycles. The molecule has 0 saturated carbocycles. The van der Waals surface area contributed by atoms with E-state index in [2.05, 4.69) is 41.8 Å². The second-order valence-electron chi connectivity index (χ2n) is 2.78. The van der Waals surface area contributed by atoms with Crippen LogP contribution in [-0.4, -0.2) is 6.04 Å². The molecule has 0 aromatic rings. The van der Waals surface area contributed by atoms with Gasteiger partial charge in [0.2, 0.25) is 0 Å². The maximum atomic E-state index is 3.30. The second kappa shape index (κ2) is 2.79. The summed E-state index contributed by atoms with van der Waals surface area (Å²) in [6.45, 7) is 0. The zero-order chi connectivity index (χ0) is 7.52. The highest BCUT2D eigenvalue weighted by atomic mass is 14.9. The molecule has 2 aliphatic rings. The van der Waals surface area contributed by atoms with Crippen LogP contribution in [0.3, 0.4) is 0 Å². The molecule has 1 heteroatoms. The monoisotopic (exact) mass is 145 g/mol. The fraction of sp³-hybridized carbons (Fsp3) is 0.200. The Morgan fingerprint density at radius 3 is 2.45 bits per heavy atom. The lowest BCUT2D eigenvalue weighted by atomic mass is 9.95. The van der Waals surface area contributed by atoms with E-state index < -0.39 is 0 Å². The first-order valence-corrected chi connectivity index (χ1v) is 3.91. The minimum atomic E-state index is 0.454. The van der Waals surface area contributed by atoms with Gasteiger partial charge in [-0.05, 0) is 12.3 Å². The molecule has 0 radical (unpaired) electrons. The first kappa shape index (κ1) is 6.47. The van der Waals surface area contributed by atoms with Crippen LogP contribution in [-0.2, 0) is 0 Å². The van der Waals surface area contributed by atoms with Crippen molar-refractivity contribution in [3.63, 3.8) is 0 Å². The summed E-state index contributed by atoms with van der Waals surface area (Å²) in [5.41, 5.74) is 0. The lowest BCUT2D eigenvalue weighted by Crippen LogP contribution is -2.29. The van der Waals surface area contributed by atoms with Gasteiger partial charge in [-0.1, -0.05) is 36.5 Å². The Bertz CT molecular complexity index is 246. The summed E-state index contributed by atoms with van der Waals surface area (Å²) < 4.78 is 0. The third-order valence-electron chi connectivity index (χ3n) is 2.01. The van der Waals surface area contributed by atoms with Gasteiger partial charge >= 0.3 is 0 Å². The number of rotatable bonds is 0. The molecule has 2 rings (SSSR count). The molecule has 11 heavy (non-hydrogen) atoms. The van der Waals surface area contributed by atoms with Crippen LogP contribution in [0.1, 0.15) is 0 Å². The summed E-state index contributed by atoms with van der Waals surface area (Å²) in [4.78, 5) is 0. The second-order valence-corrected chi connectivity index (χ2v) is 2.78. The average molecular weight is 145 g/mol. The summed E-state index contributed by atoms with van der Waals surface area (Å²) >= 11 is 0. The average Bonchev–Trinajstić information content (AvgIpc) is 2.28. The Hall–Kier alpha value is -1.24. The summed E-state index contributed by atoms with van der Waals surface area (Å²) in [7, 11) is 0. The van der Waals surface area contributed by atoms with Gasteiger partial charge in [0.15, 0.2) is 0 Å². The van der Waals surface area contributed by atoms with Crippen LogP contribution in [0, 0.1) is 5.92 Å². The minimum absolute atomic E-state index is 0.454. The van der Waals surface area contributed by atoms with Crippen molar-refractivity contribution in [1.29, 1.82) is 0 Å². The van der Waals surface area contributed by atoms with Crippen molar-refractivity contribution >= 4 is 0 Å². The number of allylic oxidation sites excluding steroid dienone is 4. The van der Waals surface area contributed by atoms with E-state index in [-0.39, 0.29) is 0 Å². The first-order valence-electron chi connectivity index (χ1n) is 3.91. The smallest absolute Gasteiger partial charge is 0.0539 e. The molecule has 0 fully saturated rings. The van der Waals surface area contributed by atoms with Gasteiger partial charge in [-0.3, -0.25) is 0 Å². The molecule has 0 aromatic heterocycles. The van der Waals surface area contributed by atoms with Crippen LogP contribution in [0.5, 0.6) is 0 Å². The topological polar surface area (TPSA) is 12.0 Å². The zero-order valence-corrected chi connectivity index (χ0v) is 6.27. The highest BCUT2D eigenvalue weighted by Crippen LogP contribution is 2.15. The molecule has 2 unspecified atom stereocenters. The molecule has 0 bridgehead atoms. The Labute approximate surface area is 66.8 Å². The lowest BCUT2D eigenvalue weighted by Gasteiger charge is -2.19. The molecule has 0 aromatic carbocycles. The molecule has 1 aliphatic heterocycles. The van der Waals surface area contributed by atoms with Crippen LogP contribution in [0.15, 0.2) is 48.7 Å². The van der Waals surface area contributed by atoms with Crippen molar-refractivity contribution in [2.24, 2.45) is 5.92 Å². The molecule has 1 N–H and O–H groups in total. The van der Waals surface area contributed by atoms with Crippen molar-refractivity contribution in [2.45, 2.75) is 6.04 Å². The number of fused-ring (bicyclic) bond motifs is 1. The van der Waals surface area contributed by atoms with Gasteiger partial charge in [0, 0.05) is 5.92 Å². The van der Waals surface area contributed by atoms with E-state index in [9.17, 15) is 0 Å². The van der Waals surface area contributed by atoms with E-state index >= 15 is 0 Å². The van der Waals surface area contributed by atoms with Crippen LogP contribution >= 0.6 is 0 Å². The predicted octanol–water partition coefficient (Wildman–Crippen LogP) is 1.77. The quantitative estimate of drug-likeness (QED) is 0.547. The molecular formula is C10H11N. The molecule has 0 amide bonds. The number of nitrogens with one attached hydrogen (secondary N) is 1. The van der Waals surface area contributed by atoms with E-state index in [1.165, 1.54) is 0 Å². The number of hydrogen-bond donors (Lipinski definition) is 1. The van der Waals surface area contributed by atoms with Crippen LogP contribution < -0.4 is 5.32 Å². The summed E-state index contributed by atoms with van der Waals surface area (Å²) in [5.74, 6) is 0.523. The van der Waals surface area contributed by atoms with Gasteiger partial charge in [-0.25, -0.2) is 0 Å². The van der Waals surface area contributed by atoms with Gasteiger partial charge in [0.25, 0.3) is 0 Å². The maximum absolute atomic E-state index is 3.30. The SMILES string of the molecule is C1=CNC2C=CC=CC2C=C1. The third kappa shape index (κ3) is 1.27. The highest BCUT2D eigenvalue weighted by Gasteiger charge is 2.14. The summed E-state index contributed by atoms with van der Waals surface area (Å²) in [6.07, 6.45) is 16.9. The molecule has 1 heterocycles. The molecule has 0 saturated heterocycles. The normalized spacial score (nSPS) is 32.7. The van der Waals surface area contributed by atoms with E-state index in [4.69, 9.17) is 0 Å². The largest absolute Gasteiger partial charge is 0.384 e. The van der Waals surface area contributed by atoms with Gasteiger partial charge in [0.1, 0.15) is 0 Å². The standard InChI is InChI=1S/C10H11N/c1-2-7-10-9(5-1)6-3-4-8-11-10/h1-11H.